The summed E-state index contributed by atoms with van der Waals surface area (Å²) in [4.78, 5) is 0. The maximum Gasteiger partial charge on any atom is 0.191 e. The first-order valence-corrected chi connectivity index (χ1v) is 8.09. The summed E-state index contributed by atoms with van der Waals surface area (Å²) >= 11 is 3.00. The number of benzene rings is 2. The Labute approximate surface area is 143 Å². The summed E-state index contributed by atoms with van der Waals surface area (Å²) in [5.41, 5.74) is -2.31. The van der Waals surface area contributed by atoms with Crippen molar-refractivity contribution in [2.45, 2.75) is 24.0 Å². The predicted octanol–water partition coefficient (Wildman–Crippen LogP) is 4.84. The van der Waals surface area contributed by atoms with E-state index in [9.17, 15) is 17.6 Å². The average molecular weight is 403 g/mol. The van der Waals surface area contributed by atoms with Crippen LogP contribution in [-0.4, -0.2) is 12.2 Å². The van der Waals surface area contributed by atoms with Crippen LogP contribution in [0.4, 0.5) is 17.6 Å². The van der Waals surface area contributed by atoms with E-state index in [2.05, 4.69) is 15.9 Å². The Hall–Kier alpha value is -1.60. The van der Waals surface area contributed by atoms with Crippen LogP contribution in [0.1, 0.15) is 18.4 Å². The molecule has 0 aromatic heterocycles. The van der Waals surface area contributed by atoms with Gasteiger partial charge in [-0.2, -0.15) is 0 Å². The van der Waals surface area contributed by atoms with Crippen molar-refractivity contribution in [2.24, 2.45) is 0 Å². The van der Waals surface area contributed by atoms with Crippen LogP contribution in [0.15, 0.2) is 34.8 Å². The molecular weight excluding hydrogens is 392 g/mol. The Bertz CT molecular complexity index is 808. The maximum atomic E-state index is 14.2. The summed E-state index contributed by atoms with van der Waals surface area (Å²) in [6, 6.07) is 5.21. The third-order valence-electron chi connectivity index (χ3n) is 4.50. The van der Waals surface area contributed by atoms with Crippen molar-refractivity contribution in [2.75, 3.05) is 6.61 Å². The second-order valence-corrected chi connectivity index (χ2v) is 6.95. The first-order chi connectivity index (χ1) is 11.4. The Morgan fingerprint density at radius 2 is 1.58 bits per heavy atom. The first kappa shape index (κ1) is 15.9. The second-order valence-electron chi connectivity index (χ2n) is 6.03. The molecule has 1 heterocycles. The van der Waals surface area contributed by atoms with E-state index >= 15 is 0 Å². The normalized spacial score (nSPS) is 23.9. The lowest BCUT2D eigenvalue weighted by Crippen LogP contribution is -2.37. The van der Waals surface area contributed by atoms with E-state index in [1.807, 2.05) is 0 Å². The lowest BCUT2D eigenvalue weighted by molar-refractivity contribution is 0.0623. The van der Waals surface area contributed by atoms with Crippen molar-refractivity contribution in [1.82, 2.24) is 0 Å². The highest BCUT2D eigenvalue weighted by molar-refractivity contribution is 9.10. The number of epoxide rings is 1. The Morgan fingerprint density at radius 1 is 0.958 bits per heavy atom. The van der Waals surface area contributed by atoms with Gasteiger partial charge in [-0.3, -0.25) is 0 Å². The maximum absolute atomic E-state index is 14.2. The molecule has 7 heteroatoms. The molecule has 2 fully saturated rings. The molecule has 1 saturated heterocycles. The van der Waals surface area contributed by atoms with Gasteiger partial charge in [0.15, 0.2) is 23.0 Å². The zero-order valence-corrected chi connectivity index (χ0v) is 13.8. The summed E-state index contributed by atoms with van der Waals surface area (Å²) in [6.07, 6.45) is 0.857. The van der Waals surface area contributed by atoms with Gasteiger partial charge < -0.3 is 9.47 Å². The van der Waals surface area contributed by atoms with Crippen LogP contribution in [-0.2, 0) is 10.3 Å². The van der Waals surface area contributed by atoms with Gasteiger partial charge in [0, 0.05) is 10.0 Å². The van der Waals surface area contributed by atoms with Gasteiger partial charge in [0.05, 0.1) is 6.61 Å². The van der Waals surface area contributed by atoms with Crippen LogP contribution in [0.3, 0.4) is 0 Å². The molecule has 1 aliphatic heterocycles. The van der Waals surface area contributed by atoms with Crippen molar-refractivity contribution < 1.29 is 27.0 Å². The van der Waals surface area contributed by atoms with E-state index in [1.165, 1.54) is 0 Å². The van der Waals surface area contributed by atoms with Crippen LogP contribution < -0.4 is 4.74 Å². The van der Waals surface area contributed by atoms with Crippen molar-refractivity contribution in [3.05, 3.63) is 63.6 Å². The number of hydrogen-bond acceptors (Lipinski definition) is 2. The molecule has 0 radical (unpaired) electrons. The average Bonchev–Trinajstić information content (AvgIpc) is 3.40. The van der Waals surface area contributed by atoms with Crippen LogP contribution in [0, 0.1) is 23.3 Å². The molecule has 2 aliphatic rings. The number of hydrogen-bond donors (Lipinski definition) is 0. The number of ether oxygens (including phenoxy) is 2. The molecule has 0 amide bonds. The van der Waals surface area contributed by atoms with E-state index in [0.717, 1.165) is 30.3 Å². The van der Waals surface area contributed by atoms with Crippen LogP contribution in [0.2, 0.25) is 0 Å². The van der Waals surface area contributed by atoms with Gasteiger partial charge in [0.2, 0.25) is 0 Å². The van der Waals surface area contributed by atoms with Crippen LogP contribution in [0.25, 0.3) is 0 Å². The minimum Gasteiger partial charge on any atom is -0.478 e. The minimum absolute atomic E-state index is 0.0120. The highest BCUT2D eigenvalue weighted by Gasteiger charge is 2.72. The van der Waals surface area contributed by atoms with E-state index in [0.29, 0.717) is 12.8 Å². The lowest BCUT2D eigenvalue weighted by atomic mass is 9.91. The summed E-state index contributed by atoms with van der Waals surface area (Å²) in [6.45, 7) is 0.104. The molecule has 1 unspecified atom stereocenters. The van der Waals surface area contributed by atoms with Gasteiger partial charge in [-0.05, 0) is 43.2 Å². The van der Waals surface area contributed by atoms with Gasteiger partial charge in [-0.1, -0.05) is 15.9 Å². The van der Waals surface area contributed by atoms with E-state index in [4.69, 9.17) is 9.47 Å². The molecule has 24 heavy (non-hydrogen) atoms. The smallest absolute Gasteiger partial charge is 0.191 e. The zero-order chi connectivity index (χ0) is 17.1. The standard InChI is InChI=1S/C17H11BrF4O2/c18-9-5-13(21)15(14(22)6-9)24-16(3-4-16)17(8-23-17)11-7-10(19)1-2-12(11)20/h1-2,5-7H,3-4,8H2. The van der Waals surface area contributed by atoms with E-state index in [1.54, 1.807) is 0 Å². The van der Waals surface area contributed by atoms with Crippen LogP contribution in [0.5, 0.6) is 5.75 Å². The molecule has 2 nitrogen and oxygen atoms in total. The van der Waals surface area contributed by atoms with E-state index < -0.39 is 40.2 Å². The highest BCUT2D eigenvalue weighted by Crippen LogP contribution is 2.62. The SMILES string of the molecule is Fc1ccc(F)c(C2(C3(Oc4c(F)cc(Br)cc4F)CC3)CO2)c1. The van der Waals surface area contributed by atoms with Gasteiger partial charge in [-0.15, -0.1) is 0 Å². The zero-order valence-electron chi connectivity index (χ0n) is 12.2. The summed E-state index contributed by atoms with van der Waals surface area (Å²) in [5, 5.41) is 0. The Morgan fingerprint density at radius 3 is 2.12 bits per heavy atom. The molecule has 4 rings (SSSR count). The third-order valence-corrected chi connectivity index (χ3v) is 4.95. The molecule has 2 aromatic rings. The summed E-state index contributed by atoms with van der Waals surface area (Å²) in [5.74, 6) is -3.53. The second kappa shape index (κ2) is 5.20. The molecule has 2 aromatic carbocycles. The largest absolute Gasteiger partial charge is 0.478 e. The van der Waals surface area contributed by atoms with Crippen LogP contribution >= 0.6 is 15.9 Å². The quantitative estimate of drug-likeness (QED) is 0.538. The molecule has 1 atom stereocenters. The van der Waals surface area contributed by atoms with Gasteiger partial charge >= 0.3 is 0 Å². The third kappa shape index (κ3) is 2.33. The fourth-order valence-corrected chi connectivity index (χ4v) is 3.47. The van der Waals surface area contributed by atoms with Gasteiger partial charge in [0.25, 0.3) is 0 Å². The summed E-state index contributed by atoms with van der Waals surface area (Å²) < 4.78 is 67.1. The minimum atomic E-state index is -1.22. The van der Waals surface area contributed by atoms with Gasteiger partial charge in [0.1, 0.15) is 17.2 Å². The predicted molar refractivity (Wildman–Crippen MR) is 80.6 cm³/mol. The highest BCUT2D eigenvalue weighted by atomic mass is 79.9. The fraction of sp³-hybridized carbons (Fsp3) is 0.294. The molecular formula is C17H11BrF4O2. The topological polar surface area (TPSA) is 21.8 Å². The van der Waals surface area contributed by atoms with Crippen molar-refractivity contribution in [3.8, 4) is 5.75 Å². The number of halogens is 5. The molecule has 126 valence electrons. The molecule has 0 spiro atoms. The van der Waals surface area contributed by atoms with Gasteiger partial charge in [-0.25, -0.2) is 17.6 Å². The first-order valence-electron chi connectivity index (χ1n) is 7.30. The molecule has 0 bridgehead atoms. The fourth-order valence-electron chi connectivity index (χ4n) is 3.07. The Balaban J connectivity index is 1.73. The lowest BCUT2D eigenvalue weighted by Gasteiger charge is -2.26. The van der Waals surface area contributed by atoms with E-state index in [-0.39, 0.29) is 16.6 Å². The number of rotatable bonds is 4. The van der Waals surface area contributed by atoms with Crippen molar-refractivity contribution in [1.29, 1.82) is 0 Å². The Kier molecular flexibility index (Phi) is 3.44. The molecule has 1 aliphatic carbocycles. The van der Waals surface area contributed by atoms with Crippen molar-refractivity contribution >= 4 is 15.9 Å². The van der Waals surface area contributed by atoms with Crippen molar-refractivity contribution in [3.63, 3.8) is 0 Å². The molecule has 1 saturated carbocycles. The monoisotopic (exact) mass is 402 g/mol. The molecule has 0 N–H and O–H groups in total. The summed E-state index contributed by atoms with van der Waals surface area (Å²) in [7, 11) is 0.